The van der Waals surface area contributed by atoms with Crippen LogP contribution in [0, 0.1) is 0 Å². The van der Waals surface area contributed by atoms with E-state index in [0.717, 1.165) is 10.5 Å². The zero-order chi connectivity index (χ0) is 24.6. The van der Waals surface area contributed by atoms with Gasteiger partial charge < -0.3 is 30.5 Å². The normalized spacial score (nSPS) is 12.9. The first-order valence-corrected chi connectivity index (χ1v) is 10.5. The van der Waals surface area contributed by atoms with Crippen LogP contribution in [0.25, 0.3) is 0 Å². The Labute approximate surface area is 193 Å². The summed E-state index contributed by atoms with van der Waals surface area (Å²) in [5.74, 6) is -1.26. The van der Waals surface area contributed by atoms with Crippen LogP contribution in [0.4, 0.5) is 4.79 Å². The zero-order valence-electron chi connectivity index (χ0n) is 19.2. The average molecular weight is 458 g/mol. The highest BCUT2D eigenvalue weighted by Crippen LogP contribution is 2.24. The van der Waals surface area contributed by atoms with Crippen molar-refractivity contribution in [2.75, 3.05) is 13.7 Å². The van der Waals surface area contributed by atoms with Crippen molar-refractivity contribution in [3.8, 4) is 5.75 Å². The van der Waals surface area contributed by atoms with Crippen LogP contribution in [-0.2, 0) is 20.9 Å². The Kier molecular flexibility index (Phi) is 8.81. The monoisotopic (exact) mass is 457 g/mol. The van der Waals surface area contributed by atoms with E-state index >= 15 is 0 Å². The molecule has 2 atom stereocenters. The van der Waals surface area contributed by atoms with E-state index in [1.54, 1.807) is 32.9 Å². The summed E-state index contributed by atoms with van der Waals surface area (Å²) in [5.41, 5.74) is 0.445. The lowest BCUT2D eigenvalue weighted by atomic mass is 10.0. The summed E-state index contributed by atoms with van der Waals surface area (Å²) in [6.45, 7) is 4.55. The number of hydrogen-bond donors (Lipinski definition) is 4. The van der Waals surface area contributed by atoms with Crippen molar-refractivity contribution in [3.05, 3.63) is 65.7 Å². The molecule has 33 heavy (non-hydrogen) atoms. The lowest BCUT2D eigenvalue weighted by Crippen LogP contribution is -2.53. The van der Waals surface area contributed by atoms with Gasteiger partial charge in [0.1, 0.15) is 23.4 Å². The van der Waals surface area contributed by atoms with Crippen LogP contribution in [0.2, 0.25) is 0 Å². The Morgan fingerprint density at radius 2 is 1.73 bits per heavy atom. The molecule has 2 unspecified atom stereocenters. The second kappa shape index (κ2) is 11.3. The largest absolute Gasteiger partial charge is 0.508 e. The maximum absolute atomic E-state index is 13.1. The summed E-state index contributed by atoms with van der Waals surface area (Å²) >= 11 is 0. The number of aliphatic hydroxyl groups excluding tert-OH is 1. The number of carbonyl (C=O) groups excluding carboxylic acids is 3. The van der Waals surface area contributed by atoms with E-state index in [1.165, 1.54) is 19.2 Å². The molecule has 0 fully saturated rings. The molecule has 9 nitrogen and oxygen atoms in total. The molecule has 0 radical (unpaired) electrons. The van der Waals surface area contributed by atoms with Crippen LogP contribution in [-0.4, -0.2) is 58.3 Å². The van der Waals surface area contributed by atoms with Crippen LogP contribution in [0.3, 0.4) is 0 Å². The summed E-state index contributed by atoms with van der Waals surface area (Å²) < 4.78 is 5.15. The number of phenols is 1. The number of benzene rings is 2. The second-order valence-electron chi connectivity index (χ2n) is 8.53. The first-order valence-electron chi connectivity index (χ1n) is 10.5. The molecule has 0 bridgehead atoms. The summed E-state index contributed by atoms with van der Waals surface area (Å²) in [7, 11) is 1.39. The van der Waals surface area contributed by atoms with Crippen LogP contribution >= 0.6 is 0 Å². The first-order chi connectivity index (χ1) is 15.5. The highest BCUT2D eigenvalue weighted by Gasteiger charge is 2.34. The minimum Gasteiger partial charge on any atom is -0.508 e. The molecule has 0 saturated heterocycles. The number of nitrogens with one attached hydrogen (secondary N) is 2. The van der Waals surface area contributed by atoms with E-state index in [9.17, 15) is 24.6 Å². The topological polar surface area (TPSA) is 128 Å². The minimum absolute atomic E-state index is 0.0696. The van der Waals surface area contributed by atoms with Gasteiger partial charge in [-0.2, -0.15) is 0 Å². The molecule has 0 aliphatic heterocycles. The van der Waals surface area contributed by atoms with Gasteiger partial charge in [0.2, 0.25) is 11.8 Å². The van der Waals surface area contributed by atoms with Gasteiger partial charge in [-0.1, -0.05) is 42.5 Å². The fraction of sp³-hybridized carbons (Fsp3) is 0.375. The average Bonchev–Trinajstić information content (AvgIpc) is 2.75. The number of likely N-dealkylation sites (N-methyl/N-ethyl adjacent to an activating group) is 1. The predicted octanol–water partition coefficient (Wildman–Crippen LogP) is 2.09. The zero-order valence-corrected chi connectivity index (χ0v) is 19.2. The maximum Gasteiger partial charge on any atom is 0.408 e. The Bertz CT molecular complexity index is 958. The van der Waals surface area contributed by atoms with E-state index in [1.807, 2.05) is 30.3 Å². The number of aromatic hydroxyl groups is 1. The van der Waals surface area contributed by atoms with Crippen molar-refractivity contribution < 1.29 is 29.3 Å². The highest BCUT2D eigenvalue weighted by molar-refractivity contribution is 5.92. The van der Waals surface area contributed by atoms with Crippen LogP contribution in [0.15, 0.2) is 54.6 Å². The third-order valence-corrected chi connectivity index (χ3v) is 4.65. The van der Waals surface area contributed by atoms with Gasteiger partial charge in [-0.15, -0.1) is 0 Å². The summed E-state index contributed by atoms with van der Waals surface area (Å²) in [6.07, 6.45) is -0.870. The molecule has 0 saturated carbocycles. The minimum atomic E-state index is -1.33. The first kappa shape index (κ1) is 25.7. The number of hydrogen-bond acceptors (Lipinski definition) is 6. The van der Waals surface area contributed by atoms with Crippen molar-refractivity contribution in [1.29, 1.82) is 0 Å². The number of carbonyl (C=O) groups is 3. The molecular weight excluding hydrogens is 426 g/mol. The Hall–Kier alpha value is -3.59. The predicted molar refractivity (Wildman–Crippen MR) is 122 cm³/mol. The van der Waals surface area contributed by atoms with Gasteiger partial charge in [0, 0.05) is 13.6 Å². The van der Waals surface area contributed by atoms with Gasteiger partial charge in [0.25, 0.3) is 0 Å². The Morgan fingerprint density at radius 1 is 1.06 bits per heavy atom. The number of rotatable bonds is 8. The fourth-order valence-corrected chi connectivity index (χ4v) is 3.14. The van der Waals surface area contributed by atoms with Crippen molar-refractivity contribution in [1.82, 2.24) is 15.5 Å². The molecule has 0 aliphatic rings. The number of amides is 3. The number of alkyl carbamates (subject to hydrolysis) is 1. The quantitative estimate of drug-likeness (QED) is 0.481. The van der Waals surface area contributed by atoms with Crippen molar-refractivity contribution in [2.24, 2.45) is 0 Å². The standard InChI is InChI=1S/C24H31N3O6/c1-24(2,3)33-23(32)26-19(15-28)22(31)27(4)20(17-11-8-12-18(29)13-17)21(30)25-14-16-9-6-5-7-10-16/h5-13,19-20,28-29H,14-15H2,1-4H3,(H,25,30)(H,26,32). The van der Waals surface area contributed by atoms with Gasteiger partial charge in [-0.25, -0.2) is 4.79 Å². The molecule has 2 aromatic carbocycles. The highest BCUT2D eigenvalue weighted by atomic mass is 16.6. The van der Waals surface area contributed by atoms with Crippen LogP contribution < -0.4 is 10.6 Å². The van der Waals surface area contributed by atoms with Gasteiger partial charge >= 0.3 is 6.09 Å². The number of nitrogens with zero attached hydrogens (tertiary/aromatic N) is 1. The van der Waals surface area contributed by atoms with Crippen molar-refractivity contribution in [3.63, 3.8) is 0 Å². The van der Waals surface area contributed by atoms with E-state index in [4.69, 9.17) is 4.74 Å². The molecule has 3 amide bonds. The number of ether oxygens (including phenoxy) is 1. The molecule has 2 rings (SSSR count). The Balaban J connectivity index is 2.24. The third-order valence-electron chi connectivity index (χ3n) is 4.65. The molecule has 2 aromatic rings. The molecule has 9 heteroatoms. The molecule has 0 heterocycles. The fourth-order valence-electron chi connectivity index (χ4n) is 3.14. The number of phenolic OH excluding ortho intramolecular Hbond substituents is 1. The van der Waals surface area contributed by atoms with Gasteiger partial charge in [-0.05, 0) is 44.0 Å². The molecule has 178 valence electrons. The molecule has 4 N–H and O–H groups in total. The van der Waals surface area contributed by atoms with Gasteiger partial charge in [0.15, 0.2) is 0 Å². The lowest BCUT2D eigenvalue weighted by Gasteiger charge is -2.31. The summed E-state index contributed by atoms with van der Waals surface area (Å²) in [6, 6.07) is 12.8. The van der Waals surface area contributed by atoms with Crippen LogP contribution in [0.1, 0.15) is 37.9 Å². The van der Waals surface area contributed by atoms with Gasteiger partial charge in [0.05, 0.1) is 6.61 Å². The number of aliphatic hydroxyl groups is 1. The maximum atomic E-state index is 13.1. The summed E-state index contributed by atoms with van der Waals surface area (Å²) in [5, 5.41) is 24.8. The summed E-state index contributed by atoms with van der Waals surface area (Å²) in [4.78, 5) is 39.5. The molecule has 0 aliphatic carbocycles. The third kappa shape index (κ3) is 7.80. The second-order valence-corrected chi connectivity index (χ2v) is 8.53. The lowest BCUT2D eigenvalue weighted by molar-refractivity contribution is -0.141. The van der Waals surface area contributed by atoms with Gasteiger partial charge in [-0.3, -0.25) is 9.59 Å². The van der Waals surface area contributed by atoms with E-state index in [-0.39, 0.29) is 12.3 Å². The van der Waals surface area contributed by atoms with Crippen molar-refractivity contribution in [2.45, 2.75) is 45.0 Å². The molecular formula is C24H31N3O6. The van der Waals surface area contributed by atoms with Crippen molar-refractivity contribution >= 4 is 17.9 Å². The molecule has 0 aromatic heterocycles. The van der Waals surface area contributed by atoms with E-state index < -0.39 is 42.2 Å². The smallest absolute Gasteiger partial charge is 0.408 e. The molecule has 0 spiro atoms. The van der Waals surface area contributed by atoms with E-state index in [0.29, 0.717) is 5.56 Å². The van der Waals surface area contributed by atoms with E-state index in [2.05, 4.69) is 10.6 Å². The van der Waals surface area contributed by atoms with Crippen LogP contribution in [0.5, 0.6) is 5.75 Å². The Morgan fingerprint density at radius 3 is 2.30 bits per heavy atom. The SMILES string of the molecule is CN(C(=O)C(CO)NC(=O)OC(C)(C)C)C(C(=O)NCc1ccccc1)c1cccc(O)c1.